The van der Waals surface area contributed by atoms with Gasteiger partial charge in [-0.25, -0.2) is 4.98 Å². The van der Waals surface area contributed by atoms with Crippen LogP contribution in [0.2, 0.25) is 0 Å². The Morgan fingerprint density at radius 3 is 3.22 bits per heavy atom. The number of aliphatic hydroxyl groups excluding tert-OH is 1. The Labute approximate surface area is 110 Å². The van der Waals surface area contributed by atoms with Gasteiger partial charge < -0.3 is 15.7 Å². The molecule has 4 nitrogen and oxygen atoms in total. The number of rotatable bonds is 3. The van der Waals surface area contributed by atoms with Gasteiger partial charge in [0.1, 0.15) is 5.52 Å². The van der Waals surface area contributed by atoms with E-state index in [1.165, 1.54) is 0 Å². The summed E-state index contributed by atoms with van der Waals surface area (Å²) >= 11 is 1.62. The van der Waals surface area contributed by atoms with E-state index < -0.39 is 0 Å². The molecule has 96 valence electrons. The summed E-state index contributed by atoms with van der Waals surface area (Å²) in [5.74, 6) is 0.584. The van der Waals surface area contributed by atoms with E-state index in [-0.39, 0.29) is 6.61 Å². The van der Waals surface area contributed by atoms with Crippen molar-refractivity contribution in [3.8, 4) is 0 Å². The first-order chi connectivity index (χ1) is 8.79. The molecule has 1 aliphatic heterocycles. The molecule has 5 heteroatoms. The van der Waals surface area contributed by atoms with Crippen LogP contribution in [0.15, 0.2) is 17.6 Å². The van der Waals surface area contributed by atoms with Crippen LogP contribution in [0.4, 0.5) is 11.4 Å². The van der Waals surface area contributed by atoms with E-state index in [0.29, 0.717) is 5.92 Å². The molecule has 0 bridgehead atoms. The molecule has 1 aromatic carbocycles. The third-order valence-electron chi connectivity index (χ3n) is 3.68. The van der Waals surface area contributed by atoms with Crippen molar-refractivity contribution < 1.29 is 5.11 Å². The molecule has 2 heterocycles. The predicted molar refractivity (Wildman–Crippen MR) is 76.1 cm³/mol. The first-order valence-corrected chi connectivity index (χ1v) is 7.15. The number of aliphatic hydroxyl groups is 1. The van der Waals surface area contributed by atoms with Crippen LogP contribution in [-0.4, -0.2) is 29.8 Å². The van der Waals surface area contributed by atoms with Gasteiger partial charge in [0.05, 0.1) is 21.6 Å². The Bertz CT molecular complexity index is 554. The van der Waals surface area contributed by atoms with Crippen LogP contribution in [0.25, 0.3) is 10.2 Å². The van der Waals surface area contributed by atoms with Crippen molar-refractivity contribution in [1.29, 1.82) is 0 Å². The van der Waals surface area contributed by atoms with Crippen LogP contribution < -0.4 is 10.6 Å². The average Bonchev–Trinajstić information content (AvgIpc) is 2.99. The summed E-state index contributed by atoms with van der Waals surface area (Å²) in [6.07, 6.45) is 2.02. The summed E-state index contributed by atoms with van der Waals surface area (Å²) in [5.41, 5.74) is 10.9. The van der Waals surface area contributed by atoms with Gasteiger partial charge in [0.25, 0.3) is 0 Å². The fraction of sp³-hybridized carbons (Fsp3) is 0.462. The van der Waals surface area contributed by atoms with E-state index in [2.05, 4.69) is 22.0 Å². The highest BCUT2D eigenvalue weighted by atomic mass is 32.1. The zero-order valence-electron chi connectivity index (χ0n) is 10.2. The molecule has 0 aliphatic carbocycles. The minimum absolute atomic E-state index is 0.277. The van der Waals surface area contributed by atoms with Crippen molar-refractivity contribution >= 4 is 32.9 Å². The van der Waals surface area contributed by atoms with Gasteiger partial charge >= 0.3 is 0 Å². The normalized spacial score (nSPS) is 19.8. The summed E-state index contributed by atoms with van der Waals surface area (Å²) in [4.78, 5) is 6.65. The van der Waals surface area contributed by atoms with Crippen LogP contribution in [-0.2, 0) is 0 Å². The Morgan fingerprint density at radius 2 is 2.39 bits per heavy atom. The van der Waals surface area contributed by atoms with Crippen LogP contribution >= 0.6 is 11.3 Å². The average molecular weight is 263 g/mol. The van der Waals surface area contributed by atoms with E-state index in [0.717, 1.165) is 47.5 Å². The van der Waals surface area contributed by atoms with Crippen molar-refractivity contribution in [3.05, 3.63) is 17.6 Å². The van der Waals surface area contributed by atoms with Crippen molar-refractivity contribution in [2.75, 3.05) is 30.3 Å². The minimum Gasteiger partial charge on any atom is -0.396 e. The molecule has 0 amide bonds. The molecule has 2 aromatic rings. The van der Waals surface area contributed by atoms with Gasteiger partial charge in [-0.15, -0.1) is 11.3 Å². The zero-order chi connectivity index (χ0) is 12.5. The van der Waals surface area contributed by atoms with Gasteiger partial charge in [-0.05, 0) is 30.9 Å². The zero-order valence-corrected chi connectivity index (χ0v) is 11.0. The Kier molecular flexibility index (Phi) is 3.09. The Balaban J connectivity index is 1.88. The lowest BCUT2D eigenvalue weighted by molar-refractivity contribution is 0.263. The summed E-state index contributed by atoms with van der Waals surface area (Å²) in [7, 11) is 0. The molecule has 1 atom stereocenters. The number of aromatic nitrogens is 1. The third-order valence-corrected chi connectivity index (χ3v) is 4.48. The topological polar surface area (TPSA) is 62.4 Å². The number of fused-ring (bicyclic) bond motifs is 1. The first-order valence-electron chi connectivity index (χ1n) is 6.27. The van der Waals surface area contributed by atoms with Gasteiger partial charge in [0.2, 0.25) is 0 Å². The molecule has 1 fully saturated rings. The SMILES string of the molecule is Nc1c(N2CCC(CCO)C2)ccc2scnc12. The maximum absolute atomic E-state index is 9.00. The Morgan fingerprint density at radius 1 is 1.50 bits per heavy atom. The number of nitrogens with two attached hydrogens (primary N) is 1. The molecule has 18 heavy (non-hydrogen) atoms. The number of nitrogens with zero attached hydrogens (tertiary/aromatic N) is 2. The fourth-order valence-corrected chi connectivity index (χ4v) is 3.38. The van der Waals surface area contributed by atoms with Crippen LogP contribution in [0.1, 0.15) is 12.8 Å². The first kappa shape index (κ1) is 11.7. The lowest BCUT2D eigenvalue weighted by Gasteiger charge is -2.20. The maximum Gasteiger partial charge on any atom is 0.106 e. The third kappa shape index (κ3) is 1.93. The van der Waals surface area contributed by atoms with Crippen molar-refractivity contribution in [1.82, 2.24) is 4.98 Å². The molecule has 3 N–H and O–H groups in total. The van der Waals surface area contributed by atoms with E-state index in [9.17, 15) is 0 Å². The van der Waals surface area contributed by atoms with Crippen molar-refractivity contribution in [2.24, 2.45) is 5.92 Å². The number of thiazole rings is 1. The van der Waals surface area contributed by atoms with Crippen LogP contribution in [0.5, 0.6) is 0 Å². The standard InChI is InChI=1S/C13H17N3OS/c14-12-10(1-2-11-13(12)15-8-18-11)16-5-3-9(7-16)4-6-17/h1-2,8-9,17H,3-7,14H2. The van der Waals surface area contributed by atoms with Gasteiger partial charge in [-0.3, -0.25) is 0 Å². The number of benzene rings is 1. The predicted octanol–water partition coefficient (Wildman–Crippen LogP) is 2.09. The summed E-state index contributed by atoms with van der Waals surface area (Å²) in [6.45, 7) is 2.28. The lowest BCUT2D eigenvalue weighted by atomic mass is 10.1. The highest BCUT2D eigenvalue weighted by molar-refractivity contribution is 7.16. The second kappa shape index (κ2) is 4.74. The Hall–Kier alpha value is -1.33. The lowest BCUT2D eigenvalue weighted by Crippen LogP contribution is -2.21. The molecule has 0 radical (unpaired) electrons. The molecule has 1 unspecified atom stereocenters. The summed E-state index contributed by atoms with van der Waals surface area (Å²) in [6, 6.07) is 4.19. The molecule has 0 saturated carbocycles. The molecule has 1 aliphatic rings. The quantitative estimate of drug-likeness (QED) is 0.832. The van der Waals surface area contributed by atoms with Gasteiger partial charge in [-0.1, -0.05) is 0 Å². The summed E-state index contributed by atoms with van der Waals surface area (Å²) < 4.78 is 1.14. The number of nitrogen functional groups attached to an aromatic ring is 1. The van der Waals surface area contributed by atoms with E-state index in [1.807, 2.05) is 5.51 Å². The van der Waals surface area contributed by atoms with Gasteiger partial charge in [0, 0.05) is 19.7 Å². The largest absolute Gasteiger partial charge is 0.396 e. The smallest absolute Gasteiger partial charge is 0.106 e. The maximum atomic E-state index is 9.00. The minimum atomic E-state index is 0.277. The molecule has 1 saturated heterocycles. The molecular formula is C13H17N3OS. The molecule has 0 spiro atoms. The van der Waals surface area contributed by atoms with Crippen LogP contribution in [0, 0.1) is 5.92 Å². The van der Waals surface area contributed by atoms with Gasteiger partial charge in [0.15, 0.2) is 0 Å². The monoisotopic (exact) mass is 263 g/mol. The van der Waals surface area contributed by atoms with E-state index in [1.54, 1.807) is 11.3 Å². The van der Waals surface area contributed by atoms with E-state index >= 15 is 0 Å². The fourth-order valence-electron chi connectivity index (χ4n) is 2.69. The second-order valence-electron chi connectivity index (χ2n) is 4.81. The van der Waals surface area contributed by atoms with Gasteiger partial charge in [-0.2, -0.15) is 0 Å². The van der Waals surface area contributed by atoms with Crippen LogP contribution in [0.3, 0.4) is 0 Å². The summed E-state index contributed by atoms with van der Waals surface area (Å²) in [5, 5.41) is 9.00. The second-order valence-corrected chi connectivity index (χ2v) is 5.70. The van der Waals surface area contributed by atoms with Crippen molar-refractivity contribution in [2.45, 2.75) is 12.8 Å². The number of anilines is 2. The van der Waals surface area contributed by atoms with E-state index in [4.69, 9.17) is 10.8 Å². The highest BCUT2D eigenvalue weighted by Crippen LogP contribution is 2.35. The number of hydrogen-bond acceptors (Lipinski definition) is 5. The van der Waals surface area contributed by atoms with Crippen molar-refractivity contribution in [3.63, 3.8) is 0 Å². The number of hydrogen-bond donors (Lipinski definition) is 2. The molecule has 1 aromatic heterocycles. The molecule has 3 rings (SSSR count). The highest BCUT2D eigenvalue weighted by Gasteiger charge is 2.24. The molecular weight excluding hydrogens is 246 g/mol.